The van der Waals surface area contributed by atoms with E-state index in [1.54, 1.807) is 0 Å². The van der Waals surface area contributed by atoms with E-state index >= 15 is 0 Å². The molecule has 1 N–H and O–H groups in total. The number of ether oxygens (including phenoxy) is 1. The van der Waals surface area contributed by atoms with Crippen LogP contribution in [0, 0.1) is 5.41 Å². The average Bonchev–Trinajstić information content (AvgIpc) is 2.74. The van der Waals surface area contributed by atoms with Gasteiger partial charge in [-0.3, -0.25) is 0 Å². The Morgan fingerprint density at radius 3 is 2.90 bits per heavy atom. The topological polar surface area (TPSA) is 29.5 Å². The highest BCUT2D eigenvalue weighted by Gasteiger charge is 2.39. The highest BCUT2D eigenvalue weighted by Crippen LogP contribution is 2.43. The minimum absolute atomic E-state index is 0.181. The van der Waals surface area contributed by atoms with E-state index in [2.05, 4.69) is 13.8 Å². The molecule has 0 saturated carbocycles. The molecule has 1 fully saturated rings. The molecule has 1 saturated heterocycles. The van der Waals surface area contributed by atoms with Crippen LogP contribution in [0.5, 0.6) is 5.75 Å². The summed E-state index contributed by atoms with van der Waals surface area (Å²) in [5.41, 5.74) is 1.77. The van der Waals surface area contributed by atoms with Crippen molar-refractivity contribution in [1.29, 1.82) is 0 Å². The van der Waals surface area contributed by atoms with Crippen LogP contribution in [0.15, 0.2) is 12.1 Å². The second-order valence-corrected chi connectivity index (χ2v) is 8.31. The molecule has 1 aromatic rings. The van der Waals surface area contributed by atoms with Crippen molar-refractivity contribution in [2.24, 2.45) is 5.41 Å². The molecule has 4 heteroatoms. The number of fused-ring (bicyclic) bond motifs is 1. The second kappa shape index (κ2) is 5.11. The van der Waals surface area contributed by atoms with Crippen molar-refractivity contribution >= 4 is 23.4 Å². The number of hydrogen-bond donors (Lipinski definition) is 1. The third-order valence-electron chi connectivity index (χ3n) is 4.02. The summed E-state index contributed by atoms with van der Waals surface area (Å²) in [6.45, 7) is 5.17. The molecule has 20 heavy (non-hydrogen) atoms. The minimum atomic E-state index is -0.656. The maximum absolute atomic E-state index is 11.0. The molecule has 0 spiro atoms. The summed E-state index contributed by atoms with van der Waals surface area (Å²) in [7, 11) is 0. The average molecular weight is 313 g/mol. The lowest BCUT2D eigenvalue weighted by Gasteiger charge is -2.41. The molecular formula is C16H21ClO2S. The molecule has 1 aromatic carbocycles. The number of halogens is 1. The van der Waals surface area contributed by atoms with Gasteiger partial charge in [-0.1, -0.05) is 25.4 Å². The Labute approximate surface area is 129 Å². The van der Waals surface area contributed by atoms with Gasteiger partial charge in [-0.15, -0.1) is 0 Å². The van der Waals surface area contributed by atoms with Gasteiger partial charge in [0, 0.05) is 23.6 Å². The lowest BCUT2D eigenvalue weighted by Crippen LogP contribution is -2.44. The van der Waals surface area contributed by atoms with Gasteiger partial charge in [0.1, 0.15) is 5.75 Å². The molecule has 0 bridgehead atoms. The van der Waals surface area contributed by atoms with Gasteiger partial charge in [0.25, 0.3) is 0 Å². The fourth-order valence-electron chi connectivity index (χ4n) is 3.46. The van der Waals surface area contributed by atoms with Crippen LogP contribution in [0.1, 0.15) is 31.4 Å². The predicted molar refractivity (Wildman–Crippen MR) is 85.0 cm³/mol. The van der Waals surface area contributed by atoms with Crippen molar-refractivity contribution in [1.82, 2.24) is 0 Å². The van der Waals surface area contributed by atoms with Crippen LogP contribution in [0.4, 0.5) is 0 Å². The summed E-state index contributed by atoms with van der Waals surface area (Å²) in [5, 5.41) is 11.7. The zero-order valence-electron chi connectivity index (χ0n) is 12.0. The molecule has 0 amide bonds. The Kier molecular flexibility index (Phi) is 3.72. The molecule has 1 atom stereocenters. The number of benzene rings is 1. The smallest absolute Gasteiger partial charge is 0.126 e. The van der Waals surface area contributed by atoms with Crippen LogP contribution in [0.2, 0.25) is 5.02 Å². The van der Waals surface area contributed by atoms with Gasteiger partial charge in [-0.05, 0) is 40.8 Å². The van der Waals surface area contributed by atoms with E-state index in [-0.39, 0.29) is 5.41 Å². The minimum Gasteiger partial charge on any atom is -0.493 e. The molecule has 3 rings (SSSR count). The Hall–Kier alpha value is -0.380. The van der Waals surface area contributed by atoms with Crippen LogP contribution in [0.3, 0.4) is 0 Å². The summed E-state index contributed by atoms with van der Waals surface area (Å²) < 4.78 is 5.75. The van der Waals surface area contributed by atoms with Crippen molar-refractivity contribution in [2.75, 3.05) is 18.1 Å². The van der Waals surface area contributed by atoms with Gasteiger partial charge < -0.3 is 9.84 Å². The lowest BCUT2D eigenvalue weighted by molar-refractivity contribution is 0.0195. The van der Waals surface area contributed by atoms with E-state index < -0.39 is 5.60 Å². The normalized spacial score (nSPS) is 28.0. The molecule has 1 unspecified atom stereocenters. The molecule has 2 heterocycles. The highest BCUT2D eigenvalue weighted by molar-refractivity contribution is 7.99. The Morgan fingerprint density at radius 1 is 1.35 bits per heavy atom. The zero-order chi connectivity index (χ0) is 14.4. The summed E-state index contributed by atoms with van der Waals surface area (Å²) in [6.07, 6.45) is 2.38. The molecule has 2 nitrogen and oxygen atoms in total. The van der Waals surface area contributed by atoms with Crippen molar-refractivity contribution in [3.8, 4) is 5.75 Å². The van der Waals surface area contributed by atoms with Gasteiger partial charge in [0.15, 0.2) is 0 Å². The number of rotatable bonds is 2. The molecule has 2 aliphatic rings. The predicted octanol–water partition coefficient (Wildman–Crippen LogP) is 3.71. The molecule has 0 aliphatic carbocycles. The van der Waals surface area contributed by atoms with Crippen LogP contribution in [-0.2, 0) is 12.8 Å². The van der Waals surface area contributed by atoms with E-state index in [4.69, 9.17) is 16.3 Å². The molecule has 0 radical (unpaired) electrons. The quantitative estimate of drug-likeness (QED) is 0.902. The molecule has 0 aromatic heterocycles. The molecular weight excluding hydrogens is 292 g/mol. The van der Waals surface area contributed by atoms with Crippen LogP contribution in [-0.4, -0.2) is 28.8 Å². The third-order valence-corrected chi connectivity index (χ3v) is 5.96. The second-order valence-electron chi connectivity index (χ2n) is 6.89. The standard InChI is InChI=1S/C16H21ClO2S/c1-15(2)8-16(18,10-20-9-15)7-12-6-13(17)5-11-3-4-19-14(11)12/h5-6,18H,3-4,7-10H2,1-2H3. The number of aliphatic hydroxyl groups is 1. The van der Waals surface area contributed by atoms with Gasteiger partial charge in [0.05, 0.1) is 12.2 Å². The number of thioether (sulfide) groups is 1. The third kappa shape index (κ3) is 2.95. The van der Waals surface area contributed by atoms with Crippen molar-refractivity contribution in [3.63, 3.8) is 0 Å². The van der Waals surface area contributed by atoms with Gasteiger partial charge in [-0.25, -0.2) is 0 Å². The van der Waals surface area contributed by atoms with Gasteiger partial charge in [0.2, 0.25) is 0 Å². The van der Waals surface area contributed by atoms with E-state index in [1.807, 2.05) is 23.9 Å². The maximum atomic E-state index is 11.0. The van der Waals surface area contributed by atoms with E-state index in [9.17, 15) is 5.11 Å². The summed E-state index contributed by atoms with van der Waals surface area (Å²) in [4.78, 5) is 0. The fraction of sp³-hybridized carbons (Fsp3) is 0.625. The van der Waals surface area contributed by atoms with E-state index in [1.165, 1.54) is 5.56 Å². The molecule has 110 valence electrons. The Balaban J connectivity index is 1.88. The maximum Gasteiger partial charge on any atom is 0.126 e. The summed E-state index contributed by atoms with van der Waals surface area (Å²) in [5.74, 6) is 2.85. The number of hydrogen-bond acceptors (Lipinski definition) is 3. The van der Waals surface area contributed by atoms with Crippen molar-refractivity contribution in [3.05, 3.63) is 28.3 Å². The first-order valence-corrected chi connectivity index (χ1v) is 8.64. The van der Waals surface area contributed by atoms with Gasteiger partial charge in [-0.2, -0.15) is 11.8 Å². The highest BCUT2D eigenvalue weighted by atomic mass is 35.5. The first-order valence-electron chi connectivity index (χ1n) is 7.11. The van der Waals surface area contributed by atoms with Crippen LogP contribution < -0.4 is 4.74 Å². The fourth-order valence-corrected chi connectivity index (χ4v) is 5.06. The zero-order valence-corrected chi connectivity index (χ0v) is 13.6. The van der Waals surface area contributed by atoms with Gasteiger partial charge >= 0.3 is 0 Å². The van der Waals surface area contributed by atoms with E-state index in [0.717, 1.165) is 47.3 Å². The first-order chi connectivity index (χ1) is 9.37. The first kappa shape index (κ1) is 14.6. The largest absolute Gasteiger partial charge is 0.493 e. The Bertz CT molecular complexity index is 529. The van der Waals surface area contributed by atoms with Crippen LogP contribution >= 0.6 is 23.4 Å². The molecule has 2 aliphatic heterocycles. The van der Waals surface area contributed by atoms with Crippen molar-refractivity contribution in [2.45, 2.75) is 38.7 Å². The lowest BCUT2D eigenvalue weighted by atomic mass is 9.79. The SMILES string of the molecule is CC1(C)CSCC(O)(Cc2cc(Cl)cc3c2OCC3)C1. The Morgan fingerprint density at radius 2 is 2.15 bits per heavy atom. The van der Waals surface area contributed by atoms with Crippen LogP contribution in [0.25, 0.3) is 0 Å². The monoisotopic (exact) mass is 312 g/mol. The summed E-state index contributed by atoms with van der Waals surface area (Å²) in [6, 6.07) is 3.94. The summed E-state index contributed by atoms with van der Waals surface area (Å²) >= 11 is 8.05. The van der Waals surface area contributed by atoms with E-state index in [0.29, 0.717) is 6.42 Å². The van der Waals surface area contributed by atoms with Crippen molar-refractivity contribution < 1.29 is 9.84 Å².